The highest BCUT2D eigenvalue weighted by atomic mass is 32.2. The highest BCUT2D eigenvalue weighted by Crippen LogP contribution is 2.32. The minimum Gasteiger partial charge on any atom is -0.398 e. The molecule has 0 bridgehead atoms. The summed E-state index contributed by atoms with van der Waals surface area (Å²) >= 11 is 0. The molecule has 0 aliphatic heterocycles. The molecule has 0 unspecified atom stereocenters. The topological polar surface area (TPSA) is 108 Å². The van der Waals surface area contributed by atoms with Crippen LogP contribution in [0.3, 0.4) is 0 Å². The van der Waals surface area contributed by atoms with Crippen molar-refractivity contribution in [3.8, 4) is 16.8 Å². The number of halogens is 1. The van der Waals surface area contributed by atoms with Crippen LogP contribution in [0.2, 0.25) is 0 Å². The largest absolute Gasteiger partial charge is 0.398 e. The van der Waals surface area contributed by atoms with Crippen molar-refractivity contribution in [3.63, 3.8) is 0 Å². The van der Waals surface area contributed by atoms with E-state index in [4.69, 9.17) is 10.3 Å². The van der Waals surface area contributed by atoms with E-state index in [0.29, 0.717) is 28.1 Å². The molecule has 160 valence electrons. The zero-order valence-electron chi connectivity index (χ0n) is 17.4. The SMILES string of the molecule is Cc1noc(C)c1-c1ccc2c(=O)cc(C)n(-c3cc(N)c(S(C)(=O)=O)cc3F)c2c1. The van der Waals surface area contributed by atoms with E-state index in [1.54, 1.807) is 36.6 Å². The highest BCUT2D eigenvalue weighted by molar-refractivity contribution is 7.90. The van der Waals surface area contributed by atoms with Gasteiger partial charge in [0.1, 0.15) is 11.6 Å². The second-order valence-electron chi connectivity index (χ2n) is 7.53. The van der Waals surface area contributed by atoms with Crippen molar-refractivity contribution in [2.45, 2.75) is 25.7 Å². The van der Waals surface area contributed by atoms with Crippen molar-refractivity contribution in [1.29, 1.82) is 0 Å². The summed E-state index contributed by atoms with van der Waals surface area (Å²) in [7, 11) is -3.70. The maximum atomic E-state index is 15.1. The molecule has 7 nitrogen and oxygen atoms in total. The summed E-state index contributed by atoms with van der Waals surface area (Å²) in [4.78, 5) is 12.3. The van der Waals surface area contributed by atoms with E-state index in [9.17, 15) is 13.2 Å². The number of pyridine rings is 1. The number of benzene rings is 2. The molecule has 31 heavy (non-hydrogen) atoms. The summed E-state index contributed by atoms with van der Waals surface area (Å²) in [5.41, 5.74) is 8.85. The minimum absolute atomic E-state index is 0.0447. The number of rotatable bonds is 3. The van der Waals surface area contributed by atoms with Crippen LogP contribution in [0, 0.1) is 26.6 Å². The smallest absolute Gasteiger partial charge is 0.189 e. The lowest BCUT2D eigenvalue weighted by atomic mass is 10.0. The van der Waals surface area contributed by atoms with E-state index in [-0.39, 0.29) is 21.7 Å². The number of nitrogen functional groups attached to an aromatic ring is 1. The van der Waals surface area contributed by atoms with Crippen molar-refractivity contribution >= 4 is 26.4 Å². The van der Waals surface area contributed by atoms with Gasteiger partial charge in [0.05, 0.1) is 27.5 Å². The number of aromatic nitrogens is 2. The molecular weight excluding hydrogens is 421 g/mol. The van der Waals surface area contributed by atoms with E-state index in [2.05, 4.69) is 5.16 Å². The Kier molecular flexibility index (Phi) is 4.73. The molecule has 0 aliphatic rings. The van der Waals surface area contributed by atoms with E-state index in [0.717, 1.165) is 23.4 Å². The second kappa shape index (κ2) is 7.05. The molecule has 2 aromatic heterocycles. The molecule has 9 heteroatoms. The lowest BCUT2D eigenvalue weighted by Crippen LogP contribution is -2.13. The summed E-state index contributed by atoms with van der Waals surface area (Å²) in [6.45, 7) is 5.26. The van der Waals surface area contributed by atoms with Crippen LogP contribution in [0.1, 0.15) is 17.1 Å². The zero-order chi connectivity index (χ0) is 22.7. The number of fused-ring (bicyclic) bond motifs is 1. The van der Waals surface area contributed by atoms with Crippen LogP contribution in [0.4, 0.5) is 10.1 Å². The molecule has 0 amide bonds. The van der Waals surface area contributed by atoms with Gasteiger partial charge >= 0.3 is 0 Å². The molecule has 2 N–H and O–H groups in total. The van der Waals surface area contributed by atoms with Crippen LogP contribution in [0.15, 0.2) is 50.6 Å². The number of sulfone groups is 1. The number of aryl methyl sites for hydroxylation is 3. The fraction of sp³-hybridized carbons (Fsp3) is 0.182. The molecule has 4 aromatic rings. The van der Waals surface area contributed by atoms with Gasteiger partial charge in [0.15, 0.2) is 15.3 Å². The Balaban J connectivity index is 2.08. The van der Waals surface area contributed by atoms with Gasteiger partial charge in [0.25, 0.3) is 0 Å². The Morgan fingerprint density at radius 3 is 2.42 bits per heavy atom. The van der Waals surface area contributed by atoms with Crippen LogP contribution in [0.25, 0.3) is 27.7 Å². The Morgan fingerprint density at radius 1 is 1.10 bits per heavy atom. The summed E-state index contributed by atoms with van der Waals surface area (Å²) in [5.74, 6) is -0.156. The Morgan fingerprint density at radius 2 is 1.81 bits per heavy atom. The van der Waals surface area contributed by atoms with Crippen LogP contribution < -0.4 is 11.2 Å². The van der Waals surface area contributed by atoms with E-state index in [1.807, 2.05) is 6.92 Å². The van der Waals surface area contributed by atoms with Gasteiger partial charge in [-0.05, 0) is 50.6 Å². The van der Waals surface area contributed by atoms with Gasteiger partial charge in [-0.2, -0.15) is 0 Å². The maximum absolute atomic E-state index is 15.1. The van der Waals surface area contributed by atoms with Crippen LogP contribution in [-0.2, 0) is 9.84 Å². The van der Waals surface area contributed by atoms with Gasteiger partial charge in [-0.15, -0.1) is 0 Å². The van der Waals surface area contributed by atoms with Gasteiger partial charge < -0.3 is 14.8 Å². The number of hydrogen-bond acceptors (Lipinski definition) is 6. The summed E-state index contributed by atoms with van der Waals surface area (Å²) in [5, 5.41) is 4.35. The van der Waals surface area contributed by atoms with Crippen LogP contribution in [0.5, 0.6) is 0 Å². The lowest BCUT2D eigenvalue weighted by Gasteiger charge is -2.18. The summed E-state index contributed by atoms with van der Waals surface area (Å²) in [6.07, 6.45) is 0.966. The predicted octanol–water partition coefficient (Wildman–Crippen LogP) is 3.70. The van der Waals surface area contributed by atoms with Crippen molar-refractivity contribution in [2.24, 2.45) is 0 Å². The number of nitrogens with zero attached hydrogens (tertiary/aromatic N) is 2. The molecule has 0 fully saturated rings. The monoisotopic (exact) mass is 441 g/mol. The summed E-state index contributed by atoms with van der Waals surface area (Å²) < 4.78 is 45.7. The van der Waals surface area contributed by atoms with Crippen LogP contribution in [-0.4, -0.2) is 24.4 Å². The van der Waals surface area contributed by atoms with Crippen molar-refractivity contribution in [1.82, 2.24) is 9.72 Å². The highest BCUT2D eigenvalue weighted by Gasteiger charge is 2.20. The van der Waals surface area contributed by atoms with E-state index >= 15 is 4.39 Å². The molecule has 2 heterocycles. The first kappa shape index (κ1) is 20.8. The molecule has 0 radical (unpaired) electrons. The number of anilines is 1. The Bertz CT molecular complexity index is 1520. The van der Waals surface area contributed by atoms with Crippen LogP contribution >= 0.6 is 0 Å². The Hall–Kier alpha value is -3.46. The normalized spacial score (nSPS) is 11.9. The molecule has 2 aromatic carbocycles. The fourth-order valence-corrected chi connectivity index (χ4v) is 4.67. The third-order valence-electron chi connectivity index (χ3n) is 5.24. The summed E-state index contributed by atoms with van der Waals surface area (Å²) in [6, 6.07) is 8.79. The predicted molar refractivity (Wildman–Crippen MR) is 117 cm³/mol. The number of hydrogen-bond donors (Lipinski definition) is 1. The van der Waals surface area contributed by atoms with E-state index < -0.39 is 15.7 Å². The Labute approximate surface area is 177 Å². The zero-order valence-corrected chi connectivity index (χ0v) is 18.2. The van der Waals surface area contributed by atoms with Gasteiger partial charge in [0.2, 0.25) is 0 Å². The van der Waals surface area contributed by atoms with Gasteiger partial charge in [0, 0.05) is 29.0 Å². The lowest BCUT2D eigenvalue weighted by molar-refractivity contribution is 0.393. The minimum atomic E-state index is -3.70. The molecule has 0 atom stereocenters. The molecule has 4 rings (SSSR count). The first-order chi connectivity index (χ1) is 14.5. The standard InChI is InChI=1S/C22H20FN3O4S/c1-11-7-20(27)15-6-5-14(22-12(2)25-30-13(22)3)8-18(15)26(11)19-10-17(24)21(9-16(19)23)31(4,28)29/h5-10H,24H2,1-4H3. The molecule has 0 spiro atoms. The molecular formula is C22H20FN3O4S. The maximum Gasteiger partial charge on any atom is 0.189 e. The van der Waals surface area contributed by atoms with Crippen molar-refractivity contribution in [3.05, 3.63) is 69.6 Å². The average Bonchev–Trinajstić information content (AvgIpc) is 3.01. The number of nitrogens with two attached hydrogens (primary N) is 1. The first-order valence-corrected chi connectivity index (χ1v) is 11.3. The van der Waals surface area contributed by atoms with Crippen molar-refractivity contribution < 1.29 is 17.3 Å². The molecule has 0 aliphatic carbocycles. The van der Waals surface area contributed by atoms with Gasteiger partial charge in [-0.1, -0.05) is 11.2 Å². The van der Waals surface area contributed by atoms with Gasteiger partial charge in [-0.25, -0.2) is 12.8 Å². The van der Waals surface area contributed by atoms with Gasteiger partial charge in [-0.3, -0.25) is 4.79 Å². The third kappa shape index (κ3) is 3.40. The first-order valence-electron chi connectivity index (χ1n) is 9.38. The average molecular weight is 441 g/mol. The molecule has 0 saturated heterocycles. The third-order valence-corrected chi connectivity index (χ3v) is 6.39. The quantitative estimate of drug-likeness (QED) is 0.486. The van der Waals surface area contributed by atoms with Crippen molar-refractivity contribution in [2.75, 3.05) is 12.0 Å². The fourth-order valence-electron chi connectivity index (χ4n) is 3.87. The second-order valence-corrected chi connectivity index (χ2v) is 9.51. The molecule has 0 saturated carbocycles. The van der Waals surface area contributed by atoms with E-state index in [1.165, 1.54) is 12.1 Å².